The molecule has 0 bridgehead atoms. The molecule has 48 valence electrons. The lowest BCUT2D eigenvalue weighted by molar-refractivity contribution is -0.113. The summed E-state index contributed by atoms with van der Waals surface area (Å²) >= 11 is 0. The summed E-state index contributed by atoms with van der Waals surface area (Å²) in [6.45, 7) is 0. The van der Waals surface area contributed by atoms with Crippen molar-refractivity contribution in [1.29, 1.82) is 0 Å². The molecule has 2 fully saturated rings. The molecule has 2 aliphatic rings. The number of hydrogen-bond acceptors (Lipinski definition) is 3. The van der Waals surface area contributed by atoms with Gasteiger partial charge in [-0.3, -0.25) is 4.79 Å². The monoisotopic (exact) mass is 125 g/mol. The van der Waals surface area contributed by atoms with Gasteiger partial charge in [-0.15, -0.1) is 0 Å². The van der Waals surface area contributed by atoms with Crippen LogP contribution < -0.4 is 0 Å². The van der Waals surface area contributed by atoms with Crippen LogP contribution in [-0.4, -0.2) is 16.7 Å². The number of hydrogen-bond donors (Lipinski definition) is 1. The highest BCUT2D eigenvalue weighted by Crippen LogP contribution is 2.47. The van der Waals surface area contributed by atoms with E-state index < -0.39 is 0 Å². The Kier molecular flexibility index (Phi) is 0.743. The predicted molar refractivity (Wildman–Crippen MR) is 30.4 cm³/mol. The highest BCUT2D eigenvalue weighted by atomic mass is 16.4. The van der Waals surface area contributed by atoms with Gasteiger partial charge in [-0.2, -0.15) is 0 Å². The van der Waals surface area contributed by atoms with Crippen LogP contribution in [0.15, 0.2) is 5.16 Å². The van der Waals surface area contributed by atoms with Crippen molar-refractivity contribution in [2.75, 3.05) is 0 Å². The van der Waals surface area contributed by atoms with Crippen molar-refractivity contribution in [1.82, 2.24) is 0 Å². The first kappa shape index (κ1) is 4.97. The summed E-state index contributed by atoms with van der Waals surface area (Å²) in [5.41, 5.74) is 0.385. The Morgan fingerprint density at radius 1 is 1.67 bits per heavy atom. The third-order valence-electron chi connectivity index (χ3n) is 2.12. The van der Waals surface area contributed by atoms with Gasteiger partial charge in [0.15, 0.2) is 5.78 Å². The van der Waals surface area contributed by atoms with Crippen LogP contribution in [0.2, 0.25) is 0 Å². The summed E-state index contributed by atoms with van der Waals surface area (Å²) in [6, 6.07) is 0. The fourth-order valence-electron chi connectivity index (χ4n) is 1.45. The van der Waals surface area contributed by atoms with Crippen LogP contribution in [-0.2, 0) is 4.79 Å². The normalized spacial score (nSPS) is 43.6. The lowest BCUT2D eigenvalue weighted by Crippen LogP contribution is -2.09. The van der Waals surface area contributed by atoms with Crippen LogP contribution in [0.3, 0.4) is 0 Å². The summed E-state index contributed by atoms with van der Waals surface area (Å²) in [6.07, 6.45) is 1.73. The minimum absolute atomic E-state index is 0.0718. The first-order valence-corrected chi connectivity index (χ1v) is 3.08. The SMILES string of the molecule is O=C1/C(=N\O)C[C@H]2C[C@@H]12. The Hall–Kier alpha value is -0.860. The second-order valence-electron chi connectivity index (χ2n) is 2.72. The van der Waals surface area contributed by atoms with Gasteiger partial charge >= 0.3 is 0 Å². The first-order valence-electron chi connectivity index (χ1n) is 3.08. The number of oxime groups is 1. The molecule has 0 amide bonds. The largest absolute Gasteiger partial charge is 0.411 e. The molecular formula is C6H7NO2. The number of carbonyl (C=O) groups is 1. The third-order valence-corrected chi connectivity index (χ3v) is 2.12. The lowest BCUT2D eigenvalue weighted by atomic mass is 10.2. The molecule has 3 nitrogen and oxygen atoms in total. The van der Waals surface area contributed by atoms with Crippen molar-refractivity contribution in [3.05, 3.63) is 0 Å². The minimum Gasteiger partial charge on any atom is -0.411 e. The molecule has 0 radical (unpaired) electrons. The number of fused-ring (bicyclic) bond motifs is 1. The highest BCUT2D eigenvalue weighted by molar-refractivity contribution is 6.43. The maximum Gasteiger partial charge on any atom is 0.183 e. The first-order chi connectivity index (χ1) is 4.33. The van der Waals surface area contributed by atoms with Crippen molar-refractivity contribution < 1.29 is 10.0 Å². The van der Waals surface area contributed by atoms with E-state index >= 15 is 0 Å². The van der Waals surface area contributed by atoms with Gasteiger partial charge in [-0.25, -0.2) is 0 Å². The fourth-order valence-corrected chi connectivity index (χ4v) is 1.45. The van der Waals surface area contributed by atoms with Gasteiger partial charge < -0.3 is 5.21 Å². The average molecular weight is 125 g/mol. The van der Waals surface area contributed by atoms with Crippen LogP contribution in [0.25, 0.3) is 0 Å². The van der Waals surface area contributed by atoms with E-state index in [1.807, 2.05) is 0 Å². The summed E-state index contributed by atoms with van der Waals surface area (Å²) in [5, 5.41) is 11.2. The number of nitrogens with zero attached hydrogens (tertiary/aromatic N) is 1. The molecule has 0 unspecified atom stereocenters. The smallest absolute Gasteiger partial charge is 0.183 e. The molecule has 0 aromatic carbocycles. The Bertz CT molecular complexity index is 197. The van der Waals surface area contributed by atoms with E-state index in [0.29, 0.717) is 18.1 Å². The van der Waals surface area contributed by atoms with E-state index in [2.05, 4.69) is 5.16 Å². The van der Waals surface area contributed by atoms with E-state index in [1.165, 1.54) is 0 Å². The zero-order chi connectivity index (χ0) is 6.43. The zero-order valence-corrected chi connectivity index (χ0v) is 4.87. The quantitative estimate of drug-likeness (QED) is 0.377. The Labute approximate surface area is 52.4 Å². The summed E-state index contributed by atoms with van der Waals surface area (Å²) in [4.78, 5) is 10.9. The van der Waals surface area contributed by atoms with Crippen LogP contribution in [0.1, 0.15) is 12.8 Å². The standard InChI is InChI=1S/C6H7NO2/c8-6-4-1-3(4)2-5(6)7-9/h3-4,9H,1-2H2/b7-5-/t3-,4-/m1/s1. The minimum atomic E-state index is 0.0718. The molecule has 9 heavy (non-hydrogen) atoms. The predicted octanol–water partition coefficient (Wildman–Crippen LogP) is 0.425. The molecule has 2 rings (SSSR count). The van der Waals surface area contributed by atoms with E-state index in [1.54, 1.807) is 0 Å². The molecule has 0 heterocycles. The molecule has 0 saturated heterocycles. The van der Waals surface area contributed by atoms with Gasteiger partial charge in [-0.1, -0.05) is 5.16 Å². The molecule has 0 aliphatic heterocycles. The second kappa shape index (κ2) is 1.35. The third kappa shape index (κ3) is 0.515. The number of Topliss-reactive ketones (excluding diaryl/α,β-unsaturated/α-hetero) is 1. The fraction of sp³-hybridized carbons (Fsp3) is 0.667. The topological polar surface area (TPSA) is 49.7 Å². The van der Waals surface area contributed by atoms with Crippen LogP contribution >= 0.6 is 0 Å². The zero-order valence-electron chi connectivity index (χ0n) is 4.87. The molecule has 3 heteroatoms. The van der Waals surface area contributed by atoms with Crippen molar-refractivity contribution in [2.24, 2.45) is 17.0 Å². The number of rotatable bonds is 0. The van der Waals surface area contributed by atoms with E-state index in [-0.39, 0.29) is 11.7 Å². The summed E-state index contributed by atoms with van der Waals surface area (Å²) < 4.78 is 0. The molecule has 2 aliphatic carbocycles. The molecule has 0 aromatic heterocycles. The summed E-state index contributed by atoms with van der Waals surface area (Å²) in [7, 11) is 0. The molecule has 2 atom stereocenters. The lowest BCUT2D eigenvalue weighted by Gasteiger charge is -1.89. The van der Waals surface area contributed by atoms with Gasteiger partial charge in [0.1, 0.15) is 5.71 Å². The van der Waals surface area contributed by atoms with Crippen LogP contribution in [0, 0.1) is 11.8 Å². The number of ketones is 1. The summed E-state index contributed by atoms with van der Waals surface area (Å²) in [5.74, 6) is 0.835. The Morgan fingerprint density at radius 2 is 2.44 bits per heavy atom. The van der Waals surface area contributed by atoms with E-state index in [4.69, 9.17) is 5.21 Å². The van der Waals surface area contributed by atoms with Gasteiger partial charge in [0.05, 0.1) is 0 Å². The maximum absolute atomic E-state index is 10.9. The Balaban J connectivity index is 2.26. The van der Waals surface area contributed by atoms with Crippen molar-refractivity contribution in [2.45, 2.75) is 12.8 Å². The number of carbonyl (C=O) groups excluding carboxylic acids is 1. The second-order valence-corrected chi connectivity index (χ2v) is 2.72. The van der Waals surface area contributed by atoms with Crippen LogP contribution in [0.4, 0.5) is 0 Å². The Morgan fingerprint density at radius 3 is 2.78 bits per heavy atom. The molecule has 0 aromatic rings. The van der Waals surface area contributed by atoms with Gasteiger partial charge in [0.25, 0.3) is 0 Å². The van der Waals surface area contributed by atoms with Gasteiger partial charge in [0, 0.05) is 12.3 Å². The molecule has 2 saturated carbocycles. The maximum atomic E-state index is 10.9. The van der Waals surface area contributed by atoms with Gasteiger partial charge in [0.2, 0.25) is 0 Å². The van der Waals surface area contributed by atoms with E-state index in [0.717, 1.165) is 6.42 Å². The van der Waals surface area contributed by atoms with Crippen molar-refractivity contribution >= 4 is 11.5 Å². The van der Waals surface area contributed by atoms with E-state index in [9.17, 15) is 4.79 Å². The molecule has 1 N–H and O–H groups in total. The van der Waals surface area contributed by atoms with Gasteiger partial charge in [-0.05, 0) is 12.3 Å². The van der Waals surface area contributed by atoms with Crippen LogP contribution in [0.5, 0.6) is 0 Å². The molecular weight excluding hydrogens is 118 g/mol. The van der Waals surface area contributed by atoms with Crippen molar-refractivity contribution in [3.63, 3.8) is 0 Å². The average Bonchev–Trinajstić information content (AvgIpc) is 2.55. The van der Waals surface area contributed by atoms with Crippen molar-refractivity contribution in [3.8, 4) is 0 Å². The molecule has 0 spiro atoms. The highest BCUT2D eigenvalue weighted by Gasteiger charge is 2.51.